The molecular weight excluding hydrogens is 312 g/mol. The number of hydrogen-bond acceptors (Lipinski definition) is 4. The van der Waals surface area contributed by atoms with Gasteiger partial charge in [-0.2, -0.15) is 0 Å². The van der Waals surface area contributed by atoms with Gasteiger partial charge in [-0.3, -0.25) is 4.79 Å². The third-order valence-corrected chi connectivity index (χ3v) is 5.49. The summed E-state index contributed by atoms with van der Waals surface area (Å²) in [5, 5.41) is 0. The van der Waals surface area contributed by atoms with E-state index in [1.165, 1.54) is 0 Å². The Morgan fingerprint density at radius 3 is 2.76 bits per heavy atom. The molecule has 0 saturated carbocycles. The smallest absolute Gasteiger partial charge is 0.227 e. The van der Waals surface area contributed by atoms with Gasteiger partial charge in [0, 0.05) is 31.4 Å². The van der Waals surface area contributed by atoms with Crippen LogP contribution in [0, 0.1) is 12.8 Å². The van der Waals surface area contributed by atoms with Crippen LogP contribution in [0.4, 0.5) is 5.82 Å². The summed E-state index contributed by atoms with van der Waals surface area (Å²) in [4.78, 5) is 25.9. The van der Waals surface area contributed by atoms with E-state index in [4.69, 9.17) is 0 Å². The van der Waals surface area contributed by atoms with E-state index in [2.05, 4.69) is 19.8 Å². The number of piperidine rings is 1. The van der Waals surface area contributed by atoms with Crippen molar-refractivity contribution in [3.05, 3.63) is 54.0 Å². The molecule has 0 N–H and O–H groups in total. The molecule has 5 heteroatoms. The Labute approximate surface area is 148 Å². The number of fused-ring (bicyclic) bond motifs is 1. The number of nitrogens with zero attached hydrogens (tertiary/aromatic N) is 4. The van der Waals surface area contributed by atoms with Crippen molar-refractivity contribution in [1.29, 1.82) is 0 Å². The van der Waals surface area contributed by atoms with Crippen molar-refractivity contribution < 1.29 is 4.79 Å². The number of benzene rings is 1. The third kappa shape index (κ3) is 3.36. The number of carbonyl (C=O) groups excluding carboxylic acids is 1. The van der Waals surface area contributed by atoms with Crippen LogP contribution in [0.1, 0.15) is 24.1 Å². The van der Waals surface area contributed by atoms with Crippen LogP contribution in [-0.2, 0) is 11.2 Å². The van der Waals surface area contributed by atoms with Crippen molar-refractivity contribution in [2.24, 2.45) is 5.92 Å². The lowest BCUT2D eigenvalue weighted by molar-refractivity contribution is -0.131. The number of anilines is 1. The van der Waals surface area contributed by atoms with Crippen LogP contribution in [-0.4, -0.2) is 46.5 Å². The maximum atomic E-state index is 12.8. The summed E-state index contributed by atoms with van der Waals surface area (Å²) in [5.41, 5.74) is 2.07. The zero-order valence-electron chi connectivity index (χ0n) is 14.6. The quantitative estimate of drug-likeness (QED) is 0.864. The number of aromatic nitrogens is 2. The molecule has 2 aromatic rings. The van der Waals surface area contributed by atoms with Crippen LogP contribution in [0.5, 0.6) is 0 Å². The minimum Gasteiger partial charge on any atom is -0.354 e. The number of rotatable bonds is 3. The highest BCUT2D eigenvalue weighted by atomic mass is 16.2. The van der Waals surface area contributed by atoms with Gasteiger partial charge in [0.05, 0.1) is 12.5 Å². The van der Waals surface area contributed by atoms with Crippen LogP contribution < -0.4 is 4.90 Å². The summed E-state index contributed by atoms with van der Waals surface area (Å²) >= 11 is 0. The van der Waals surface area contributed by atoms with Crippen LogP contribution in [0.2, 0.25) is 0 Å². The van der Waals surface area contributed by atoms with Crippen LogP contribution in [0.3, 0.4) is 0 Å². The molecule has 2 fully saturated rings. The minimum absolute atomic E-state index is 0.249. The molecule has 3 heterocycles. The van der Waals surface area contributed by atoms with Gasteiger partial charge in [0.25, 0.3) is 0 Å². The maximum Gasteiger partial charge on any atom is 0.227 e. The molecule has 2 atom stereocenters. The van der Waals surface area contributed by atoms with Crippen LogP contribution in [0.15, 0.2) is 42.7 Å². The molecule has 0 aliphatic carbocycles. The largest absolute Gasteiger partial charge is 0.354 e. The second-order valence-electron chi connectivity index (χ2n) is 7.12. The monoisotopic (exact) mass is 336 g/mol. The number of carbonyl (C=O) groups is 1. The first-order valence-electron chi connectivity index (χ1n) is 9.08. The van der Waals surface area contributed by atoms with Crippen LogP contribution in [0.25, 0.3) is 0 Å². The zero-order chi connectivity index (χ0) is 17.2. The standard InChI is InChI=1S/C20H24N4O/c1-15-11-19(22-14-21-15)23-9-7-17-8-10-24(18(17)13-23)20(25)12-16-5-3-2-4-6-16/h2-6,11,14,17-18H,7-10,12-13H2,1H3. The average molecular weight is 336 g/mol. The molecule has 5 nitrogen and oxygen atoms in total. The Balaban J connectivity index is 1.47. The number of amides is 1. The van der Waals surface area contributed by atoms with E-state index in [0.717, 1.165) is 49.6 Å². The van der Waals surface area contributed by atoms with Crippen molar-refractivity contribution in [3.63, 3.8) is 0 Å². The first kappa shape index (κ1) is 16.1. The van der Waals surface area contributed by atoms with Gasteiger partial charge in [-0.1, -0.05) is 30.3 Å². The predicted octanol–water partition coefficient (Wildman–Crippen LogP) is 2.45. The van der Waals surface area contributed by atoms with E-state index < -0.39 is 0 Å². The number of aryl methyl sites for hydroxylation is 1. The first-order chi connectivity index (χ1) is 12.2. The average Bonchev–Trinajstić information content (AvgIpc) is 3.06. The normalized spacial score (nSPS) is 22.8. The molecule has 25 heavy (non-hydrogen) atoms. The van der Waals surface area contributed by atoms with Gasteiger partial charge >= 0.3 is 0 Å². The molecule has 1 aromatic heterocycles. The Morgan fingerprint density at radius 2 is 1.96 bits per heavy atom. The van der Waals surface area contributed by atoms with E-state index >= 15 is 0 Å². The fourth-order valence-corrected chi connectivity index (χ4v) is 4.14. The highest BCUT2D eigenvalue weighted by molar-refractivity contribution is 5.79. The van der Waals surface area contributed by atoms with Crippen molar-refractivity contribution in [2.75, 3.05) is 24.5 Å². The predicted molar refractivity (Wildman–Crippen MR) is 97.4 cm³/mol. The maximum absolute atomic E-state index is 12.8. The molecule has 0 radical (unpaired) electrons. The Hall–Kier alpha value is -2.43. The van der Waals surface area contributed by atoms with Gasteiger partial charge in [-0.15, -0.1) is 0 Å². The molecule has 2 aliphatic rings. The zero-order valence-corrected chi connectivity index (χ0v) is 14.6. The van der Waals surface area contributed by atoms with Gasteiger partial charge in [0.2, 0.25) is 5.91 Å². The Bertz CT molecular complexity index is 748. The molecule has 2 unspecified atom stereocenters. The molecule has 1 aromatic carbocycles. The van der Waals surface area contributed by atoms with E-state index in [-0.39, 0.29) is 5.91 Å². The van der Waals surface area contributed by atoms with Gasteiger partial charge in [0.15, 0.2) is 0 Å². The van der Waals surface area contributed by atoms with Crippen molar-refractivity contribution in [2.45, 2.75) is 32.2 Å². The first-order valence-corrected chi connectivity index (χ1v) is 9.08. The fraction of sp³-hybridized carbons (Fsp3) is 0.450. The third-order valence-electron chi connectivity index (χ3n) is 5.49. The molecule has 2 saturated heterocycles. The summed E-state index contributed by atoms with van der Waals surface area (Å²) in [7, 11) is 0. The second-order valence-corrected chi connectivity index (χ2v) is 7.12. The SMILES string of the molecule is Cc1cc(N2CCC3CCN(C(=O)Cc4ccccc4)C3C2)ncn1. The number of likely N-dealkylation sites (tertiary alicyclic amines) is 1. The molecule has 130 valence electrons. The molecule has 4 rings (SSSR count). The van der Waals surface area contributed by atoms with E-state index in [9.17, 15) is 4.79 Å². The fourth-order valence-electron chi connectivity index (χ4n) is 4.14. The lowest BCUT2D eigenvalue weighted by Gasteiger charge is -2.39. The Kier molecular flexibility index (Phi) is 4.38. The van der Waals surface area contributed by atoms with Crippen molar-refractivity contribution >= 4 is 11.7 Å². The lowest BCUT2D eigenvalue weighted by Crippen LogP contribution is -2.50. The van der Waals surface area contributed by atoms with Gasteiger partial charge in [-0.25, -0.2) is 9.97 Å². The van der Waals surface area contributed by atoms with Gasteiger partial charge < -0.3 is 9.80 Å². The Morgan fingerprint density at radius 1 is 1.16 bits per heavy atom. The minimum atomic E-state index is 0.249. The number of hydrogen-bond donors (Lipinski definition) is 0. The summed E-state index contributed by atoms with van der Waals surface area (Å²) in [6.45, 7) is 4.76. The molecule has 2 aliphatic heterocycles. The topological polar surface area (TPSA) is 49.3 Å². The van der Waals surface area contributed by atoms with E-state index in [0.29, 0.717) is 18.4 Å². The second kappa shape index (κ2) is 6.82. The van der Waals surface area contributed by atoms with E-state index in [1.807, 2.05) is 43.3 Å². The summed E-state index contributed by atoms with van der Waals surface area (Å²) in [6.07, 6.45) is 4.38. The van der Waals surface area contributed by atoms with E-state index in [1.54, 1.807) is 6.33 Å². The molecule has 0 spiro atoms. The van der Waals surface area contributed by atoms with Gasteiger partial charge in [0.1, 0.15) is 12.1 Å². The molecular formula is C20H24N4O. The van der Waals surface area contributed by atoms with Crippen molar-refractivity contribution in [1.82, 2.24) is 14.9 Å². The summed E-state index contributed by atoms with van der Waals surface area (Å²) in [6, 6.07) is 12.4. The summed E-state index contributed by atoms with van der Waals surface area (Å²) < 4.78 is 0. The molecule has 0 bridgehead atoms. The summed E-state index contributed by atoms with van der Waals surface area (Å²) in [5.74, 6) is 1.85. The van der Waals surface area contributed by atoms with Crippen molar-refractivity contribution in [3.8, 4) is 0 Å². The highest BCUT2D eigenvalue weighted by Gasteiger charge is 2.40. The molecule has 1 amide bonds. The highest BCUT2D eigenvalue weighted by Crippen LogP contribution is 2.33. The van der Waals surface area contributed by atoms with Gasteiger partial charge in [-0.05, 0) is 31.2 Å². The van der Waals surface area contributed by atoms with Crippen LogP contribution >= 0.6 is 0 Å². The lowest BCUT2D eigenvalue weighted by atomic mass is 9.92.